The number of alkyl halides is 3. The van der Waals surface area contributed by atoms with Crippen LogP contribution in [0.3, 0.4) is 0 Å². The number of halogens is 4. The molecular weight excluding hydrogens is 254 g/mol. The van der Waals surface area contributed by atoms with Crippen LogP contribution in [0.5, 0.6) is 0 Å². The van der Waals surface area contributed by atoms with Crippen molar-refractivity contribution in [3.8, 4) is 0 Å². The van der Waals surface area contributed by atoms with E-state index in [1.165, 1.54) is 6.07 Å². The topological polar surface area (TPSA) is 63.3 Å². The fourth-order valence-electron chi connectivity index (χ4n) is 1.34. The maximum atomic E-state index is 12.6. The van der Waals surface area contributed by atoms with Gasteiger partial charge in [-0.05, 0) is 24.1 Å². The minimum Gasteiger partial charge on any atom is -0.475 e. The molecule has 2 unspecified atom stereocenters. The van der Waals surface area contributed by atoms with Crippen LogP contribution in [-0.2, 0) is 4.79 Å². The molecule has 0 spiro atoms. The van der Waals surface area contributed by atoms with Gasteiger partial charge in [-0.15, -0.1) is 0 Å². The van der Waals surface area contributed by atoms with Crippen molar-refractivity contribution in [1.29, 1.82) is 0 Å². The molecule has 7 heteroatoms. The quantitative estimate of drug-likeness (QED) is 0.766. The van der Waals surface area contributed by atoms with Crippen LogP contribution in [0, 0.1) is 5.82 Å². The Hall–Kier alpha value is -1.63. The van der Waals surface area contributed by atoms with E-state index in [9.17, 15) is 17.6 Å². The molecule has 100 valence electrons. The highest BCUT2D eigenvalue weighted by Crippen LogP contribution is 2.38. The lowest BCUT2D eigenvalue weighted by Crippen LogP contribution is -2.21. The summed E-state index contributed by atoms with van der Waals surface area (Å²) in [7, 11) is 0. The van der Waals surface area contributed by atoms with Crippen LogP contribution in [0.1, 0.15) is 17.9 Å². The van der Waals surface area contributed by atoms with E-state index < -0.39 is 12.1 Å². The largest absolute Gasteiger partial charge is 0.490 e. The summed E-state index contributed by atoms with van der Waals surface area (Å²) in [6.45, 7) is 0. The van der Waals surface area contributed by atoms with Crippen LogP contribution >= 0.6 is 0 Å². The van der Waals surface area contributed by atoms with Crippen LogP contribution in [0.25, 0.3) is 0 Å². The molecule has 0 radical (unpaired) electrons. The molecule has 1 aliphatic rings. The van der Waals surface area contributed by atoms with Crippen molar-refractivity contribution in [2.45, 2.75) is 24.6 Å². The minimum absolute atomic E-state index is 0.165. The van der Waals surface area contributed by atoms with Crippen molar-refractivity contribution < 1.29 is 27.5 Å². The Kier molecular flexibility index (Phi) is 4.28. The number of carboxylic acid groups (broad SMARTS) is 1. The fourth-order valence-corrected chi connectivity index (χ4v) is 1.34. The first-order valence-corrected chi connectivity index (χ1v) is 5.03. The molecule has 0 heterocycles. The molecule has 1 aromatic rings. The smallest absolute Gasteiger partial charge is 0.475 e. The summed E-state index contributed by atoms with van der Waals surface area (Å²) in [6, 6.07) is 6.95. The molecule has 1 aromatic carbocycles. The highest BCUT2D eigenvalue weighted by Gasteiger charge is 2.38. The molecule has 3 nitrogen and oxygen atoms in total. The molecule has 0 saturated heterocycles. The zero-order valence-electron chi connectivity index (χ0n) is 9.12. The average molecular weight is 265 g/mol. The van der Waals surface area contributed by atoms with Gasteiger partial charge in [0.2, 0.25) is 0 Å². The Balaban J connectivity index is 0.000000203. The molecule has 0 amide bonds. The normalized spacial score (nSPS) is 21.8. The van der Waals surface area contributed by atoms with Crippen LogP contribution in [0.4, 0.5) is 17.6 Å². The number of carbonyl (C=O) groups is 1. The number of hydrogen-bond donors (Lipinski definition) is 2. The molecule has 2 rings (SSSR count). The SMILES string of the molecule is NC1CC1c1cccc(F)c1.O=C(O)C(F)(F)F. The van der Waals surface area contributed by atoms with E-state index in [1.807, 2.05) is 6.07 Å². The number of rotatable bonds is 1. The van der Waals surface area contributed by atoms with Gasteiger partial charge in [0.1, 0.15) is 5.82 Å². The lowest BCUT2D eigenvalue weighted by molar-refractivity contribution is -0.192. The number of aliphatic carboxylic acids is 1. The molecule has 18 heavy (non-hydrogen) atoms. The third kappa shape index (κ3) is 4.33. The van der Waals surface area contributed by atoms with E-state index in [0.717, 1.165) is 12.0 Å². The highest BCUT2D eigenvalue weighted by molar-refractivity contribution is 5.73. The summed E-state index contributed by atoms with van der Waals surface area (Å²) in [4.78, 5) is 8.90. The Bertz CT molecular complexity index is 433. The Morgan fingerprint density at radius 3 is 2.22 bits per heavy atom. The molecule has 0 aromatic heterocycles. The fraction of sp³-hybridized carbons (Fsp3) is 0.364. The number of hydrogen-bond acceptors (Lipinski definition) is 2. The van der Waals surface area contributed by atoms with Crippen molar-refractivity contribution in [1.82, 2.24) is 0 Å². The van der Waals surface area contributed by atoms with Crippen molar-refractivity contribution in [2.75, 3.05) is 0 Å². The van der Waals surface area contributed by atoms with Gasteiger partial charge in [0.15, 0.2) is 0 Å². The highest BCUT2D eigenvalue weighted by atomic mass is 19.4. The summed E-state index contributed by atoms with van der Waals surface area (Å²) in [6.07, 6.45) is -4.08. The monoisotopic (exact) mass is 265 g/mol. The maximum Gasteiger partial charge on any atom is 0.490 e. The van der Waals surface area contributed by atoms with Gasteiger partial charge in [-0.2, -0.15) is 13.2 Å². The summed E-state index contributed by atoms with van der Waals surface area (Å²) in [5.41, 5.74) is 6.67. The van der Waals surface area contributed by atoms with Crippen molar-refractivity contribution >= 4 is 5.97 Å². The van der Waals surface area contributed by atoms with Crippen molar-refractivity contribution in [3.05, 3.63) is 35.6 Å². The number of nitrogens with two attached hydrogens (primary N) is 1. The molecule has 0 aliphatic heterocycles. The summed E-state index contributed by atoms with van der Waals surface area (Å²) >= 11 is 0. The Morgan fingerprint density at radius 1 is 1.39 bits per heavy atom. The van der Waals surface area contributed by atoms with Crippen LogP contribution in [0.2, 0.25) is 0 Å². The first kappa shape index (κ1) is 14.4. The van der Waals surface area contributed by atoms with E-state index in [2.05, 4.69) is 0 Å². The lowest BCUT2D eigenvalue weighted by Gasteiger charge is -1.96. The molecule has 1 fully saturated rings. The summed E-state index contributed by atoms with van der Waals surface area (Å²) in [5.74, 6) is -2.51. The van der Waals surface area contributed by atoms with Gasteiger partial charge >= 0.3 is 12.1 Å². The van der Waals surface area contributed by atoms with E-state index in [4.69, 9.17) is 15.6 Å². The average Bonchev–Trinajstić information content (AvgIpc) is 2.95. The predicted molar refractivity (Wildman–Crippen MR) is 55.4 cm³/mol. The van der Waals surface area contributed by atoms with E-state index in [1.54, 1.807) is 12.1 Å². The molecule has 0 bridgehead atoms. The zero-order valence-corrected chi connectivity index (χ0v) is 9.12. The van der Waals surface area contributed by atoms with Crippen LogP contribution in [0.15, 0.2) is 24.3 Å². The minimum atomic E-state index is -5.08. The predicted octanol–water partition coefficient (Wildman–Crippen LogP) is 2.27. The maximum absolute atomic E-state index is 12.6. The second-order valence-electron chi connectivity index (χ2n) is 3.86. The first-order chi connectivity index (χ1) is 8.21. The number of carboxylic acids is 1. The number of benzene rings is 1. The van der Waals surface area contributed by atoms with Gasteiger partial charge in [-0.25, -0.2) is 9.18 Å². The lowest BCUT2D eigenvalue weighted by atomic mass is 10.1. The molecular formula is C11H11F4NO2. The van der Waals surface area contributed by atoms with Crippen molar-refractivity contribution in [3.63, 3.8) is 0 Å². The van der Waals surface area contributed by atoms with Gasteiger partial charge in [0.05, 0.1) is 0 Å². The third-order valence-electron chi connectivity index (χ3n) is 2.36. The Morgan fingerprint density at radius 2 is 1.89 bits per heavy atom. The van der Waals surface area contributed by atoms with Gasteiger partial charge in [0.25, 0.3) is 0 Å². The van der Waals surface area contributed by atoms with E-state index >= 15 is 0 Å². The second-order valence-corrected chi connectivity index (χ2v) is 3.86. The molecule has 2 atom stereocenters. The molecule has 1 saturated carbocycles. The van der Waals surface area contributed by atoms with E-state index in [0.29, 0.717) is 5.92 Å². The standard InChI is InChI=1S/C9H10FN.C2HF3O2/c10-7-3-1-2-6(4-7)8-5-9(8)11;3-2(4,5)1(6)7/h1-4,8-9H,5,11H2;(H,6,7). The zero-order chi connectivity index (χ0) is 13.9. The van der Waals surface area contributed by atoms with Crippen LogP contribution in [-0.4, -0.2) is 23.3 Å². The second kappa shape index (κ2) is 5.34. The first-order valence-electron chi connectivity index (χ1n) is 5.03. The van der Waals surface area contributed by atoms with E-state index in [-0.39, 0.29) is 11.9 Å². The van der Waals surface area contributed by atoms with Crippen molar-refractivity contribution in [2.24, 2.45) is 5.73 Å². The summed E-state index contributed by atoms with van der Waals surface area (Å²) < 4.78 is 44.4. The van der Waals surface area contributed by atoms with Gasteiger partial charge < -0.3 is 10.8 Å². The van der Waals surface area contributed by atoms with Gasteiger partial charge in [-0.1, -0.05) is 12.1 Å². The van der Waals surface area contributed by atoms with Crippen LogP contribution < -0.4 is 5.73 Å². The Labute approximate surface area is 100 Å². The van der Waals surface area contributed by atoms with Gasteiger partial charge in [-0.3, -0.25) is 0 Å². The molecule has 3 N–H and O–H groups in total. The van der Waals surface area contributed by atoms with Gasteiger partial charge in [0, 0.05) is 12.0 Å². The molecule has 1 aliphatic carbocycles. The summed E-state index contributed by atoms with van der Waals surface area (Å²) in [5, 5.41) is 7.12. The third-order valence-corrected chi connectivity index (χ3v) is 2.36.